The highest BCUT2D eigenvalue weighted by atomic mass is 15.2. The molecule has 17 heavy (non-hydrogen) atoms. The Labute approximate surface area is 101 Å². The van der Waals surface area contributed by atoms with E-state index in [0.29, 0.717) is 5.54 Å². The lowest BCUT2D eigenvalue weighted by atomic mass is 9.95. The maximum Gasteiger partial charge on any atom is 0.0251 e. The van der Waals surface area contributed by atoms with E-state index in [1.54, 1.807) is 0 Å². The number of fused-ring (bicyclic) bond motifs is 3. The van der Waals surface area contributed by atoms with Gasteiger partial charge in [-0.15, -0.1) is 7.05 Å². The van der Waals surface area contributed by atoms with Gasteiger partial charge in [-0.2, -0.15) is 0 Å². The van der Waals surface area contributed by atoms with Gasteiger partial charge in [-0.1, -0.05) is 16.6 Å². The summed E-state index contributed by atoms with van der Waals surface area (Å²) in [5.74, 6) is 0. The molecule has 0 radical (unpaired) electrons. The smallest absolute Gasteiger partial charge is 0.0251 e. The largest absolute Gasteiger partial charge is 0.482 e. The summed E-state index contributed by atoms with van der Waals surface area (Å²) >= 11 is 0. The SMILES string of the molecule is [CH2-]N1Cc2c(c3ccncc3n2[CH2-])CC12CC2. The van der Waals surface area contributed by atoms with Crippen molar-refractivity contribution < 1.29 is 0 Å². The quantitative estimate of drug-likeness (QED) is 0.642. The van der Waals surface area contributed by atoms with Crippen molar-refractivity contribution >= 4 is 10.9 Å². The van der Waals surface area contributed by atoms with Gasteiger partial charge in [0.25, 0.3) is 0 Å². The average molecular weight is 225 g/mol. The van der Waals surface area contributed by atoms with Crippen LogP contribution in [-0.2, 0) is 13.0 Å². The maximum atomic E-state index is 4.20. The predicted molar refractivity (Wildman–Crippen MR) is 67.1 cm³/mol. The van der Waals surface area contributed by atoms with Crippen LogP contribution in [0.5, 0.6) is 0 Å². The van der Waals surface area contributed by atoms with E-state index in [2.05, 4.69) is 30.0 Å². The number of pyridine rings is 1. The number of hydrogen-bond donors (Lipinski definition) is 0. The van der Waals surface area contributed by atoms with Gasteiger partial charge < -0.3 is 9.47 Å². The Bertz CT molecular complexity index is 607. The third-order valence-electron chi connectivity index (χ3n) is 4.43. The first-order valence-electron chi connectivity index (χ1n) is 6.06. The number of aromatic nitrogens is 2. The number of rotatable bonds is 0. The van der Waals surface area contributed by atoms with Gasteiger partial charge >= 0.3 is 0 Å². The van der Waals surface area contributed by atoms with Crippen molar-refractivity contribution in [3.63, 3.8) is 0 Å². The monoisotopic (exact) mass is 225 g/mol. The zero-order valence-corrected chi connectivity index (χ0v) is 9.82. The highest BCUT2D eigenvalue weighted by Gasteiger charge is 2.45. The van der Waals surface area contributed by atoms with Crippen LogP contribution in [0.1, 0.15) is 24.1 Å². The van der Waals surface area contributed by atoms with Gasteiger partial charge in [-0.05, 0) is 49.1 Å². The standard InChI is InChI=1S/C14H15N3/c1-16-9-13-11(7-14(16)4-5-14)10-3-6-15-8-12(10)17(13)2/h3,6,8H,1-2,4-5,7,9H2/q-2. The summed E-state index contributed by atoms with van der Waals surface area (Å²) in [6.07, 6.45) is 7.47. The van der Waals surface area contributed by atoms with Crippen LogP contribution >= 0.6 is 0 Å². The molecule has 1 aliphatic carbocycles. The van der Waals surface area contributed by atoms with E-state index in [1.165, 1.54) is 29.5 Å². The zero-order chi connectivity index (χ0) is 11.6. The molecule has 0 bridgehead atoms. The van der Waals surface area contributed by atoms with E-state index in [0.717, 1.165) is 18.5 Å². The van der Waals surface area contributed by atoms with Gasteiger partial charge in [0.15, 0.2) is 0 Å². The minimum atomic E-state index is 0.352. The molecule has 0 atom stereocenters. The maximum absolute atomic E-state index is 4.20. The summed E-state index contributed by atoms with van der Waals surface area (Å²) in [6.45, 7) is 0.910. The summed E-state index contributed by atoms with van der Waals surface area (Å²) in [5.41, 5.74) is 4.27. The van der Waals surface area contributed by atoms with E-state index in [9.17, 15) is 0 Å². The molecule has 2 aromatic rings. The number of nitrogens with zero attached hydrogens (tertiary/aromatic N) is 3. The summed E-state index contributed by atoms with van der Waals surface area (Å²) in [7, 11) is 8.35. The van der Waals surface area contributed by atoms with Crippen LogP contribution < -0.4 is 0 Å². The van der Waals surface area contributed by atoms with Crippen LogP contribution in [0.3, 0.4) is 0 Å². The Morgan fingerprint density at radius 1 is 1.29 bits per heavy atom. The molecule has 3 heteroatoms. The minimum Gasteiger partial charge on any atom is -0.482 e. The highest BCUT2D eigenvalue weighted by Crippen LogP contribution is 2.49. The first kappa shape index (κ1) is 9.54. The third kappa shape index (κ3) is 1.10. The van der Waals surface area contributed by atoms with Gasteiger partial charge in [0.05, 0.1) is 0 Å². The Morgan fingerprint density at radius 3 is 2.88 bits per heavy atom. The van der Waals surface area contributed by atoms with Crippen LogP contribution in [0.2, 0.25) is 0 Å². The van der Waals surface area contributed by atoms with E-state index < -0.39 is 0 Å². The Morgan fingerprint density at radius 2 is 2.12 bits per heavy atom. The van der Waals surface area contributed by atoms with Gasteiger partial charge in [0, 0.05) is 6.20 Å². The Balaban J connectivity index is 2.00. The Kier molecular flexibility index (Phi) is 1.60. The van der Waals surface area contributed by atoms with Crippen LogP contribution in [0.25, 0.3) is 10.9 Å². The van der Waals surface area contributed by atoms with Crippen molar-refractivity contribution in [2.75, 3.05) is 0 Å². The summed E-state index contributed by atoms with van der Waals surface area (Å²) in [5, 5.41) is 1.32. The van der Waals surface area contributed by atoms with E-state index in [-0.39, 0.29) is 0 Å². The molecule has 3 nitrogen and oxygen atoms in total. The molecular formula is C14H15N3-2. The molecule has 0 amide bonds. The van der Waals surface area contributed by atoms with Crippen LogP contribution in [0, 0.1) is 14.1 Å². The molecule has 1 spiro atoms. The van der Waals surface area contributed by atoms with E-state index in [1.807, 2.05) is 17.0 Å². The Hall–Kier alpha value is -1.48. The molecule has 0 saturated heterocycles. The van der Waals surface area contributed by atoms with Crippen LogP contribution in [0.4, 0.5) is 0 Å². The van der Waals surface area contributed by atoms with Crippen molar-refractivity contribution in [3.8, 4) is 0 Å². The van der Waals surface area contributed by atoms with Crippen molar-refractivity contribution in [1.29, 1.82) is 0 Å². The fourth-order valence-corrected chi connectivity index (χ4v) is 3.12. The first-order valence-corrected chi connectivity index (χ1v) is 6.06. The summed E-state index contributed by atoms with van der Waals surface area (Å²) < 4.78 is 2.03. The second kappa shape index (κ2) is 2.85. The van der Waals surface area contributed by atoms with Crippen molar-refractivity contribution in [1.82, 2.24) is 14.5 Å². The molecule has 3 heterocycles. The first-order chi connectivity index (χ1) is 8.21. The molecule has 2 aliphatic rings. The molecule has 0 unspecified atom stereocenters. The molecule has 1 saturated carbocycles. The van der Waals surface area contributed by atoms with E-state index in [4.69, 9.17) is 0 Å². The molecule has 1 aliphatic heterocycles. The minimum absolute atomic E-state index is 0.352. The third-order valence-corrected chi connectivity index (χ3v) is 4.43. The van der Waals surface area contributed by atoms with Gasteiger partial charge in [-0.25, -0.2) is 0 Å². The molecule has 88 valence electrons. The van der Waals surface area contributed by atoms with Crippen LogP contribution in [-0.4, -0.2) is 20.0 Å². The molecule has 4 rings (SSSR count). The molecular weight excluding hydrogens is 210 g/mol. The normalized spacial score (nSPS) is 21.9. The fourth-order valence-electron chi connectivity index (χ4n) is 3.12. The van der Waals surface area contributed by atoms with Gasteiger partial charge in [0.2, 0.25) is 0 Å². The van der Waals surface area contributed by atoms with Gasteiger partial charge in [-0.3, -0.25) is 12.0 Å². The van der Waals surface area contributed by atoms with Gasteiger partial charge in [0.1, 0.15) is 0 Å². The van der Waals surface area contributed by atoms with E-state index >= 15 is 0 Å². The summed E-state index contributed by atoms with van der Waals surface area (Å²) in [6, 6.07) is 2.12. The van der Waals surface area contributed by atoms with Crippen molar-refractivity contribution in [3.05, 3.63) is 43.8 Å². The van der Waals surface area contributed by atoms with Crippen molar-refractivity contribution in [2.24, 2.45) is 0 Å². The lowest BCUT2D eigenvalue weighted by Crippen LogP contribution is -2.38. The lowest BCUT2D eigenvalue weighted by molar-refractivity contribution is 0.218. The fraction of sp³-hybridized carbons (Fsp3) is 0.357. The topological polar surface area (TPSA) is 21.1 Å². The molecule has 1 fully saturated rings. The van der Waals surface area contributed by atoms with Crippen molar-refractivity contribution in [2.45, 2.75) is 31.3 Å². The molecule has 0 N–H and O–H groups in total. The highest BCUT2D eigenvalue weighted by molar-refractivity contribution is 5.85. The molecule has 0 aromatic carbocycles. The second-order valence-corrected chi connectivity index (χ2v) is 5.35. The molecule has 2 aromatic heterocycles. The summed E-state index contributed by atoms with van der Waals surface area (Å²) in [4.78, 5) is 6.45. The lowest BCUT2D eigenvalue weighted by Gasteiger charge is -2.43. The zero-order valence-electron chi connectivity index (χ0n) is 9.82. The number of hydrogen-bond acceptors (Lipinski definition) is 2. The van der Waals surface area contributed by atoms with Crippen LogP contribution in [0.15, 0.2) is 18.5 Å². The second-order valence-electron chi connectivity index (χ2n) is 5.35. The predicted octanol–water partition coefficient (Wildman–Crippen LogP) is 2.36. The average Bonchev–Trinajstić information content (AvgIpc) is 3.07.